The number of nitrogens with one attached hydrogen (secondary N) is 1. The van der Waals surface area contributed by atoms with E-state index >= 15 is 0 Å². The lowest BCUT2D eigenvalue weighted by atomic mass is 10.3. The van der Waals surface area contributed by atoms with Gasteiger partial charge in [0.25, 0.3) is 5.91 Å². The highest BCUT2D eigenvalue weighted by Crippen LogP contribution is 2.19. The molecule has 0 fully saturated rings. The first-order chi connectivity index (χ1) is 9.54. The van der Waals surface area contributed by atoms with Crippen LogP contribution in [0.15, 0.2) is 24.5 Å². The Morgan fingerprint density at radius 3 is 2.90 bits per heavy atom. The molecule has 0 saturated carbocycles. The van der Waals surface area contributed by atoms with Gasteiger partial charge < -0.3 is 0 Å². The molecule has 1 N–H and O–H groups in total. The zero-order chi connectivity index (χ0) is 14.3. The van der Waals surface area contributed by atoms with Crippen molar-refractivity contribution in [1.29, 1.82) is 0 Å². The minimum Gasteiger partial charge on any atom is -0.296 e. The summed E-state index contributed by atoms with van der Waals surface area (Å²) in [7, 11) is 0. The van der Waals surface area contributed by atoms with Crippen molar-refractivity contribution < 1.29 is 9.18 Å². The maximum Gasteiger partial charge on any atom is 0.276 e. The second-order valence-corrected chi connectivity index (χ2v) is 5.59. The Balaban J connectivity index is 2.02. The molecule has 0 radical (unpaired) electrons. The van der Waals surface area contributed by atoms with E-state index in [2.05, 4.69) is 15.3 Å². The summed E-state index contributed by atoms with van der Waals surface area (Å²) in [6.07, 6.45) is 2.93. The molecule has 7 heteroatoms. The van der Waals surface area contributed by atoms with Crippen LogP contribution in [0, 0.1) is 19.7 Å². The summed E-state index contributed by atoms with van der Waals surface area (Å²) >= 11 is 1.38. The molecule has 3 rings (SSSR count). The molecule has 0 spiro atoms. The molecule has 0 bridgehead atoms. The predicted molar refractivity (Wildman–Crippen MR) is 74.7 cm³/mol. The summed E-state index contributed by atoms with van der Waals surface area (Å²) in [6.45, 7) is 3.62. The molecule has 3 aromatic heterocycles. The first kappa shape index (κ1) is 12.7. The molecule has 0 unspecified atom stereocenters. The lowest BCUT2D eigenvalue weighted by Crippen LogP contribution is -2.15. The van der Waals surface area contributed by atoms with Crippen LogP contribution in [0.2, 0.25) is 0 Å². The van der Waals surface area contributed by atoms with Crippen LogP contribution in [0.5, 0.6) is 0 Å². The number of aromatic nitrogens is 3. The molecule has 0 aliphatic heterocycles. The van der Waals surface area contributed by atoms with Crippen molar-refractivity contribution in [3.8, 4) is 0 Å². The summed E-state index contributed by atoms with van der Waals surface area (Å²) in [4.78, 5) is 21.6. The van der Waals surface area contributed by atoms with Crippen LogP contribution in [-0.4, -0.2) is 20.3 Å². The van der Waals surface area contributed by atoms with Crippen molar-refractivity contribution in [2.45, 2.75) is 13.8 Å². The van der Waals surface area contributed by atoms with Gasteiger partial charge in [-0.3, -0.25) is 14.5 Å². The number of hydrogen-bond donors (Lipinski definition) is 1. The topological polar surface area (TPSA) is 59.3 Å². The van der Waals surface area contributed by atoms with Crippen LogP contribution in [0.4, 0.5) is 9.52 Å². The molecule has 5 nitrogen and oxygen atoms in total. The van der Waals surface area contributed by atoms with Crippen molar-refractivity contribution >= 4 is 28.0 Å². The molecule has 0 saturated heterocycles. The number of halogens is 1. The second kappa shape index (κ2) is 4.68. The number of imidazole rings is 1. The van der Waals surface area contributed by atoms with Crippen LogP contribution < -0.4 is 5.32 Å². The maximum atomic E-state index is 13.3. The summed E-state index contributed by atoms with van der Waals surface area (Å²) in [6, 6.07) is 2.85. The van der Waals surface area contributed by atoms with Gasteiger partial charge in [0.15, 0.2) is 5.13 Å². The molecule has 0 atom stereocenters. The third-order valence-electron chi connectivity index (χ3n) is 2.81. The summed E-state index contributed by atoms with van der Waals surface area (Å²) in [5.41, 5.74) is 1.39. The normalized spacial score (nSPS) is 10.9. The van der Waals surface area contributed by atoms with E-state index in [9.17, 15) is 9.18 Å². The highest BCUT2D eigenvalue weighted by Gasteiger charge is 2.18. The molecule has 20 heavy (non-hydrogen) atoms. The van der Waals surface area contributed by atoms with Crippen LogP contribution in [0.1, 0.15) is 21.1 Å². The number of amides is 1. The fraction of sp³-hybridized carbons (Fsp3) is 0.154. The van der Waals surface area contributed by atoms with E-state index < -0.39 is 5.82 Å². The average Bonchev–Trinajstić information content (AvgIpc) is 2.91. The molecule has 3 heterocycles. The van der Waals surface area contributed by atoms with E-state index in [0.29, 0.717) is 22.2 Å². The Labute approximate surface area is 118 Å². The van der Waals surface area contributed by atoms with E-state index in [-0.39, 0.29) is 5.91 Å². The van der Waals surface area contributed by atoms with Gasteiger partial charge in [-0.05, 0) is 26.0 Å². The Morgan fingerprint density at radius 2 is 2.20 bits per heavy atom. The number of rotatable bonds is 2. The van der Waals surface area contributed by atoms with E-state index in [1.165, 1.54) is 34.1 Å². The van der Waals surface area contributed by atoms with Crippen LogP contribution in [0.3, 0.4) is 0 Å². The quantitative estimate of drug-likeness (QED) is 0.789. The van der Waals surface area contributed by atoms with Gasteiger partial charge in [0.05, 0.1) is 5.69 Å². The number of thiazole rings is 1. The minimum atomic E-state index is -0.422. The van der Waals surface area contributed by atoms with Crippen molar-refractivity contribution in [2.75, 3.05) is 5.32 Å². The molecule has 1 amide bonds. The molecule has 0 aromatic carbocycles. The van der Waals surface area contributed by atoms with E-state index in [1.54, 1.807) is 13.1 Å². The fourth-order valence-corrected chi connectivity index (χ4v) is 2.64. The van der Waals surface area contributed by atoms with Crippen molar-refractivity contribution in [3.63, 3.8) is 0 Å². The third-order valence-corrected chi connectivity index (χ3v) is 3.64. The van der Waals surface area contributed by atoms with E-state index in [0.717, 1.165) is 4.88 Å². The minimum absolute atomic E-state index is 0.312. The van der Waals surface area contributed by atoms with Gasteiger partial charge in [-0.1, -0.05) is 0 Å². The van der Waals surface area contributed by atoms with Crippen LogP contribution >= 0.6 is 11.3 Å². The first-order valence-electron chi connectivity index (χ1n) is 5.92. The maximum absolute atomic E-state index is 13.3. The molecule has 0 aliphatic rings. The standard InChI is InChI=1S/C13H11FN4OS/c1-7-5-15-13(20-7)17-12(19)11-8(2)16-10-4-3-9(14)6-18(10)11/h3-6H,1-2H3,(H,15,17,19). The largest absolute Gasteiger partial charge is 0.296 e. The van der Waals surface area contributed by atoms with E-state index in [4.69, 9.17) is 0 Å². The van der Waals surface area contributed by atoms with Crippen molar-refractivity contribution in [3.05, 3.63) is 46.6 Å². The number of pyridine rings is 1. The van der Waals surface area contributed by atoms with Crippen molar-refractivity contribution in [2.24, 2.45) is 0 Å². The summed E-state index contributed by atoms with van der Waals surface area (Å²) in [5, 5.41) is 3.22. The summed E-state index contributed by atoms with van der Waals surface area (Å²) in [5.74, 6) is -0.774. The highest BCUT2D eigenvalue weighted by molar-refractivity contribution is 7.15. The average molecular weight is 290 g/mol. The Morgan fingerprint density at radius 1 is 1.40 bits per heavy atom. The zero-order valence-electron chi connectivity index (χ0n) is 10.8. The Kier molecular flexibility index (Phi) is 2.98. The van der Waals surface area contributed by atoms with Gasteiger partial charge in [0.2, 0.25) is 0 Å². The number of anilines is 1. The molecule has 102 valence electrons. The lowest BCUT2D eigenvalue weighted by molar-refractivity contribution is 0.102. The highest BCUT2D eigenvalue weighted by atomic mass is 32.1. The number of fused-ring (bicyclic) bond motifs is 1. The summed E-state index contributed by atoms with van der Waals surface area (Å²) < 4.78 is 14.8. The number of carbonyl (C=O) groups excluding carboxylic acids is 1. The Bertz CT molecular complexity index is 808. The molecule has 3 aromatic rings. The van der Waals surface area contributed by atoms with Gasteiger partial charge in [-0.15, -0.1) is 11.3 Å². The van der Waals surface area contributed by atoms with E-state index in [1.807, 2.05) is 6.92 Å². The van der Waals surface area contributed by atoms with Gasteiger partial charge in [-0.25, -0.2) is 14.4 Å². The SMILES string of the molecule is Cc1cnc(NC(=O)c2c(C)nc3ccc(F)cn23)s1. The monoisotopic (exact) mass is 290 g/mol. The molecule has 0 aliphatic carbocycles. The Hall–Kier alpha value is -2.28. The zero-order valence-corrected chi connectivity index (χ0v) is 11.7. The van der Waals surface area contributed by atoms with Gasteiger partial charge in [0, 0.05) is 17.3 Å². The van der Waals surface area contributed by atoms with Gasteiger partial charge >= 0.3 is 0 Å². The smallest absolute Gasteiger partial charge is 0.276 e. The molecular formula is C13H11FN4OS. The third kappa shape index (κ3) is 2.16. The number of nitrogens with zero attached hydrogens (tertiary/aromatic N) is 3. The molecular weight excluding hydrogens is 279 g/mol. The van der Waals surface area contributed by atoms with Crippen molar-refractivity contribution in [1.82, 2.24) is 14.4 Å². The number of aryl methyl sites for hydroxylation is 2. The van der Waals surface area contributed by atoms with Crippen LogP contribution in [0.25, 0.3) is 5.65 Å². The van der Waals surface area contributed by atoms with Gasteiger partial charge in [0.1, 0.15) is 17.2 Å². The number of carbonyl (C=O) groups is 1. The van der Waals surface area contributed by atoms with Gasteiger partial charge in [-0.2, -0.15) is 0 Å². The first-order valence-corrected chi connectivity index (χ1v) is 6.74. The predicted octanol–water partition coefficient (Wildman–Crippen LogP) is 2.80. The second-order valence-electron chi connectivity index (χ2n) is 4.35. The fourth-order valence-electron chi connectivity index (χ4n) is 1.98. The number of hydrogen-bond acceptors (Lipinski definition) is 4. The van der Waals surface area contributed by atoms with Crippen LogP contribution in [-0.2, 0) is 0 Å². The lowest BCUT2D eigenvalue weighted by Gasteiger charge is -2.03.